The first kappa shape index (κ1) is 23.3. The molecule has 1 aromatic heterocycles. The monoisotopic (exact) mass is 446 g/mol. The molecule has 0 radical (unpaired) electrons. The number of rotatable bonds is 7. The molecule has 0 spiro atoms. The van der Waals surface area contributed by atoms with Crippen LogP contribution >= 0.6 is 0 Å². The maximum absolute atomic E-state index is 12.9. The molecule has 2 rings (SSSR count). The Morgan fingerprint density at radius 1 is 1.23 bits per heavy atom. The summed E-state index contributed by atoms with van der Waals surface area (Å²) in [4.78, 5) is 26.9. The molecule has 1 atom stereocenters. The van der Waals surface area contributed by atoms with Crippen molar-refractivity contribution in [2.24, 2.45) is 0 Å². The Hall–Kier alpha value is -2.99. The second kappa shape index (κ2) is 9.22. The molecule has 0 aliphatic heterocycles. The molecular weight excluding hydrogens is 429 g/mol. The van der Waals surface area contributed by atoms with Gasteiger partial charge < -0.3 is 9.84 Å². The molecule has 1 unspecified atom stereocenters. The fourth-order valence-corrected chi connectivity index (χ4v) is 3.60. The van der Waals surface area contributed by atoms with E-state index >= 15 is 0 Å². The largest absolute Gasteiger partial charge is 0.459 e. The molecule has 30 heavy (non-hydrogen) atoms. The summed E-state index contributed by atoms with van der Waals surface area (Å²) in [6.07, 6.45) is -3.66. The van der Waals surface area contributed by atoms with Crippen LogP contribution in [0.5, 0.6) is 0 Å². The van der Waals surface area contributed by atoms with Crippen molar-refractivity contribution in [3.8, 4) is 0 Å². The molecule has 2 aromatic rings. The van der Waals surface area contributed by atoms with Crippen LogP contribution in [-0.2, 0) is 32.3 Å². The normalized spacial score (nSPS) is 12.8. The maximum atomic E-state index is 12.9. The van der Waals surface area contributed by atoms with Crippen molar-refractivity contribution in [3.05, 3.63) is 65.0 Å². The molecular formula is C18H17F3N2O6S. The Labute approximate surface area is 169 Å². The Morgan fingerprint density at radius 3 is 2.47 bits per heavy atom. The van der Waals surface area contributed by atoms with Gasteiger partial charge in [0, 0.05) is 13.1 Å². The van der Waals surface area contributed by atoms with E-state index in [1.54, 1.807) is 4.72 Å². The van der Waals surface area contributed by atoms with Gasteiger partial charge in [0.2, 0.25) is 10.0 Å². The first-order chi connectivity index (χ1) is 13.9. The quantitative estimate of drug-likeness (QED) is 0.624. The number of halogens is 3. The van der Waals surface area contributed by atoms with Gasteiger partial charge in [-0.1, -0.05) is 18.2 Å². The highest BCUT2D eigenvalue weighted by Gasteiger charge is 2.34. The van der Waals surface area contributed by atoms with E-state index in [9.17, 15) is 36.3 Å². The maximum Gasteiger partial charge on any atom is 0.416 e. The van der Waals surface area contributed by atoms with E-state index in [2.05, 4.69) is 4.98 Å². The number of carbonyl (C=O) groups is 2. The Bertz CT molecular complexity index is 1020. The predicted molar refractivity (Wildman–Crippen MR) is 97.4 cm³/mol. The molecule has 1 amide bonds. The van der Waals surface area contributed by atoms with Crippen molar-refractivity contribution < 1.29 is 41.0 Å². The standard InChI is InChI=1S/C18H17F3N2O6S/c1-11(25)29-10-15-6-5-13(8-22-15)17(26)23-30(27,28)16(9-24)12-3-2-4-14(7-12)18(19,20)21/h2-8,16,24H,9-10H2,1H3,(H,23,26). The zero-order chi connectivity index (χ0) is 22.5. The first-order valence-electron chi connectivity index (χ1n) is 8.36. The molecule has 0 saturated carbocycles. The van der Waals surface area contributed by atoms with Crippen LogP contribution in [0.4, 0.5) is 13.2 Å². The highest BCUT2D eigenvalue weighted by molar-refractivity contribution is 7.90. The van der Waals surface area contributed by atoms with E-state index in [-0.39, 0.29) is 17.7 Å². The third-order valence-corrected chi connectivity index (χ3v) is 5.51. The molecule has 2 N–H and O–H groups in total. The SMILES string of the molecule is CC(=O)OCc1ccc(C(=O)NS(=O)(=O)C(CO)c2cccc(C(F)(F)F)c2)cn1. The number of nitrogens with one attached hydrogen (secondary N) is 1. The van der Waals surface area contributed by atoms with Crippen LogP contribution in [0.15, 0.2) is 42.6 Å². The number of alkyl halides is 3. The van der Waals surface area contributed by atoms with Gasteiger partial charge in [-0.2, -0.15) is 13.2 Å². The van der Waals surface area contributed by atoms with E-state index < -0.39 is 45.5 Å². The number of benzene rings is 1. The summed E-state index contributed by atoms with van der Waals surface area (Å²) in [5.41, 5.74) is -1.28. The molecule has 0 bridgehead atoms. The number of pyridine rings is 1. The first-order valence-corrected chi connectivity index (χ1v) is 9.91. The topological polar surface area (TPSA) is 123 Å². The summed E-state index contributed by atoms with van der Waals surface area (Å²) in [5.74, 6) is -1.62. The van der Waals surface area contributed by atoms with Crippen LogP contribution < -0.4 is 4.72 Å². The van der Waals surface area contributed by atoms with Crippen LogP contribution in [-0.4, -0.2) is 37.0 Å². The fraction of sp³-hybridized carbons (Fsp3) is 0.278. The molecule has 1 aromatic carbocycles. The van der Waals surface area contributed by atoms with Gasteiger partial charge in [-0.05, 0) is 23.8 Å². The van der Waals surface area contributed by atoms with Crippen LogP contribution in [0.1, 0.15) is 39.4 Å². The lowest BCUT2D eigenvalue weighted by Crippen LogP contribution is -2.36. The van der Waals surface area contributed by atoms with E-state index in [0.717, 1.165) is 24.4 Å². The third kappa shape index (κ3) is 6.00. The number of aliphatic hydroxyl groups excluding tert-OH is 1. The van der Waals surface area contributed by atoms with E-state index in [1.165, 1.54) is 19.1 Å². The number of aliphatic hydroxyl groups is 1. The average molecular weight is 446 g/mol. The number of hydrogen-bond acceptors (Lipinski definition) is 7. The number of amides is 1. The van der Waals surface area contributed by atoms with E-state index in [4.69, 9.17) is 4.74 Å². The number of esters is 1. The van der Waals surface area contributed by atoms with Crippen molar-refractivity contribution in [2.75, 3.05) is 6.61 Å². The van der Waals surface area contributed by atoms with Crippen LogP contribution in [0.25, 0.3) is 0 Å². The van der Waals surface area contributed by atoms with Gasteiger partial charge in [0.15, 0.2) is 0 Å². The lowest BCUT2D eigenvalue weighted by Gasteiger charge is -2.18. The van der Waals surface area contributed by atoms with E-state index in [0.29, 0.717) is 11.8 Å². The van der Waals surface area contributed by atoms with Gasteiger partial charge in [0.1, 0.15) is 11.9 Å². The number of hydrogen-bond donors (Lipinski definition) is 2. The number of aromatic nitrogens is 1. The van der Waals surface area contributed by atoms with Crippen LogP contribution in [0.3, 0.4) is 0 Å². The van der Waals surface area contributed by atoms with Gasteiger partial charge in [-0.15, -0.1) is 0 Å². The predicted octanol–water partition coefficient (Wildman–Crippen LogP) is 1.96. The van der Waals surface area contributed by atoms with Crippen molar-refractivity contribution >= 4 is 21.9 Å². The van der Waals surface area contributed by atoms with Crippen molar-refractivity contribution in [1.82, 2.24) is 9.71 Å². The van der Waals surface area contributed by atoms with Gasteiger partial charge in [-0.25, -0.2) is 13.1 Å². The summed E-state index contributed by atoms with van der Waals surface area (Å²) < 4.78 is 70.1. The Balaban J connectivity index is 2.19. The molecule has 0 aliphatic carbocycles. The zero-order valence-corrected chi connectivity index (χ0v) is 16.3. The molecule has 0 saturated heterocycles. The molecule has 12 heteroatoms. The van der Waals surface area contributed by atoms with Crippen LogP contribution in [0, 0.1) is 0 Å². The third-order valence-electron chi connectivity index (χ3n) is 3.87. The van der Waals surface area contributed by atoms with Gasteiger partial charge in [-0.3, -0.25) is 14.6 Å². The minimum atomic E-state index is -4.71. The molecule has 1 heterocycles. The Kier molecular flexibility index (Phi) is 7.16. The molecule has 0 fully saturated rings. The summed E-state index contributed by atoms with van der Waals surface area (Å²) >= 11 is 0. The molecule has 0 aliphatic rings. The summed E-state index contributed by atoms with van der Waals surface area (Å²) in [7, 11) is -4.58. The average Bonchev–Trinajstić information content (AvgIpc) is 2.66. The molecule has 162 valence electrons. The second-order valence-electron chi connectivity index (χ2n) is 6.09. The highest BCUT2D eigenvalue weighted by atomic mass is 32.2. The highest BCUT2D eigenvalue weighted by Crippen LogP contribution is 2.32. The fourth-order valence-electron chi connectivity index (χ4n) is 2.38. The second-order valence-corrected chi connectivity index (χ2v) is 7.95. The minimum absolute atomic E-state index is 0.141. The van der Waals surface area contributed by atoms with E-state index in [1.807, 2.05) is 0 Å². The lowest BCUT2D eigenvalue weighted by molar-refractivity contribution is -0.142. The summed E-state index contributed by atoms with van der Waals surface area (Å²) in [6, 6.07) is 6.02. The van der Waals surface area contributed by atoms with Gasteiger partial charge in [0.25, 0.3) is 5.91 Å². The number of ether oxygens (including phenoxy) is 1. The smallest absolute Gasteiger partial charge is 0.416 e. The van der Waals surface area contributed by atoms with Gasteiger partial charge >= 0.3 is 12.1 Å². The summed E-state index contributed by atoms with van der Waals surface area (Å²) in [6.45, 7) is 0.00974. The van der Waals surface area contributed by atoms with Gasteiger partial charge in [0.05, 0.1) is 23.4 Å². The summed E-state index contributed by atoms with van der Waals surface area (Å²) in [5, 5.41) is 7.66. The molecule has 8 nitrogen and oxygen atoms in total. The Morgan fingerprint density at radius 2 is 1.93 bits per heavy atom. The lowest BCUT2D eigenvalue weighted by atomic mass is 10.1. The number of sulfonamides is 1. The zero-order valence-electron chi connectivity index (χ0n) is 15.5. The van der Waals surface area contributed by atoms with Crippen LogP contribution in [0.2, 0.25) is 0 Å². The van der Waals surface area contributed by atoms with Crippen molar-refractivity contribution in [2.45, 2.75) is 25.0 Å². The number of nitrogens with zero attached hydrogens (tertiary/aromatic N) is 1. The van der Waals surface area contributed by atoms with Crippen molar-refractivity contribution in [1.29, 1.82) is 0 Å². The number of carbonyl (C=O) groups excluding carboxylic acids is 2. The minimum Gasteiger partial charge on any atom is -0.459 e. The van der Waals surface area contributed by atoms with Crippen molar-refractivity contribution in [3.63, 3.8) is 0 Å².